The highest BCUT2D eigenvalue weighted by molar-refractivity contribution is 5.97. The number of halogens is 1. The summed E-state index contributed by atoms with van der Waals surface area (Å²) in [7, 11) is 0. The number of Topliss-reactive ketones (excluding diaryl/α,β-unsaturated/α-hetero) is 1. The molecule has 0 amide bonds. The second-order valence-electron chi connectivity index (χ2n) is 4.50. The monoisotopic (exact) mass is 252 g/mol. The van der Waals surface area contributed by atoms with Crippen LogP contribution in [0, 0.1) is 11.7 Å². The minimum absolute atomic E-state index is 0.0585. The molecule has 2 rings (SSSR count). The molecule has 0 N–H and O–H groups in total. The van der Waals surface area contributed by atoms with Gasteiger partial charge in [0.2, 0.25) is 0 Å². The quantitative estimate of drug-likeness (QED) is 0.755. The van der Waals surface area contributed by atoms with E-state index in [-0.39, 0.29) is 18.2 Å². The minimum atomic E-state index is -0.338. The van der Waals surface area contributed by atoms with Gasteiger partial charge in [0.1, 0.15) is 12.4 Å². The summed E-state index contributed by atoms with van der Waals surface area (Å²) in [5.74, 6) is 0.0384. The van der Waals surface area contributed by atoms with Crippen molar-refractivity contribution in [3.05, 3.63) is 35.6 Å². The van der Waals surface area contributed by atoms with E-state index in [4.69, 9.17) is 9.47 Å². The van der Waals surface area contributed by atoms with E-state index in [0.29, 0.717) is 18.1 Å². The summed E-state index contributed by atoms with van der Waals surface area (Å²) < 4.78 is 23.4. The van der Waals surface area contributed by atoms with Gasteiger partial charge in [-0.05, 0) is 43.0 Å². The molecule has 1 aliphatic rings. The van der Waals surface area contributed by atoms with Gasteiger partial charge >= 0.3 is 0 Å². The van der Waals surface area contributed by atoms with Crippen molar-refractivity contribution in [1.82, 2.24) is 0 Å². The van der Waals surface area contributed by atoms with Gasteiger partial charge in [-0.1, -0.05) is 0 Å². The van der Waals surface area contributed by atoms with E-state index in [1.165, 1.54) is 24.3 Å². The summed E-state index contributed by atoms with van der Waals surface area (Å²) in [5.41, 5.74) is 0.489. The third kappa shape index (κ3) is 3.89. The molecular formula is C14H17FO3. The molecule has 0 atom stereocenters. The molecule has 18 heavy (non-hydrogen) atoms. The van der Waals surface area contributed by atoms with E-state index in [1.807, 2.05) is 0 Å². The molecule has 0 aliphatic carbocycles. The highest BCUT2D eigenvalue weighted by Gasteiger charge is 2.14. The van der Waals surface area contributed by atoms with Crippen LogP contribution in [0.2, 0.25) is 0 Å². The predicted octanol–water partition coefficient (Wildman–Crippen LogP) is 2.45. The first-order chi connectivity index (χ1) is 8.75. The van der Waals surface area contributed by atoms with Crippen molar-refractivity contribution in [2.75, 3.05) is 26.4 Å². The Hall–Kier alpha value is -1.26. The topological polar surface area (TPSA) is 35.5 Å². The van der Waals surface area contributed by atoms with Crippen LogP contribution < -0.4 is 0 Å². The van der Waals surface area contributed by atoms with Crippen LogP contribution in [0.5, 0.6) is 0 Å². The Morgan fingerprint density at radius 1 is 1.28 bits per heavy atom. The van der Waals surface area contributed by atoms with Gasteiger partial charge in [-0.3, -0.25) is 4.79 Å². The molecule has 0 aromatic heterocycles. The molecule has 3 nitrogen and oxygen atoms in total. The van der Waals surface area contributed by atoms with Crippen molar-refractivity contribution in [2.45, 2.75) is 12.8 Å². The Morgan fingerprint density at radius 3 is 2.61 bits per heavy atom. The highest BCUT2D eigenvalue weighted by Crippen LogP contribution is 2.14. The standard InChI is InChI=1S/C14H17FO3/c15-13-3-1-12(2-4-13)14(16)10-18-9-11-5-7-17-8-6-11/h1-4,11H,5-10H2. The molecule has 0 saturated carbocycles. The van der Waals surface area contributed by atoms with E-state index < -0.39 is 0 Å². The molecule has 1 aromatic rings. The molecule has 4 heteroatoms. The van der Waals surface area contributed by atoms with Gasteiger partial charge in [-0.25, -0.2) is 4.39 Å². The second kappa shape index (κ2) is 6.61. The van der Waals surface area contributed by atoms with E-state index >= 15 is 0 Å². The normalized spacial score (nSPS) is 16.7. The number of hydrogen-bond donors (Lipinski definition) is 0. The van der Waals surface area contributed by atoms with Gasteiger partial charge in [0, 0.05) is 18.8 Å². The van der Waals surface area contributed by atoms with Crippen LogP contribution >= 0.6 is 0 Å². The summed E-state index contributed by atoms with van der Waals surface area (Å²) in [6.07, 6.45) is 1.98. The summed E-state index contributed by atoms with van der Waals surface area (Å²) in [5, 5.41) is 0. The fourth-order valence-corrected chi connectivity index (χ4v) is 1.95. The van der Waals surface area contributed by atoms with Crippen LogP contribution in [0.15, 0.2) is 24.3 Å². The highest BCUT2D eigenvalue weighted by atomic mass is 19.1. The fraction of sp³-hybridized carbons (Fsp3) is 0.500. The number of carbonyl (C=O) groups is 1. The number of carbonyl (C=O) groups excluding carboxylic acids is 1. The molecule has 0 unspecified atom stereocenters. The van der Waals surface area contributed by atoms with Crippen molar-refractivity contribution in [1.29, 1.82) is 0 Å². The maximum Gasteiger partial charge on any atom is 0.188 e. The molecule has 1 aliphatic heterocycles. The van der Waals surface area contributed by atoms with E-state index in [0.717, 1.165) is 26.1 Å². The Bertz CT molecular complexity index is 383. The Kier molecular flexibility index (Phi) is 4.84. The zero-order valence-corrected chi connectivity index (χ0v) is 10.2. The molecule has 1 heterocycles. The zero-order valence-electron chi connectivity index (χ0n) is 10.2. The largest absolute Gasteiger partial charge is 0.381 e. The summed E-state index contributed by atoms with van der Waals surface area (Å²) >= 11 is 0. The average Bonchev–Trinajstić information content (AvgIpc) is 2.40. The van der Waals surface area contributed by atoms with Crippen molar-refractivity contribution in [3.8, 4) is 0 Å². The first-order valence-electron chi connectivity index (χ1n) is 6.20. The Morgan fingerprint density at radius 2 is 1.94 bits per heavy atom. The van der Waals surface area contributed by atoms with Crippen LogP contribution in [0.3, 0.4) is 0 Å². The molecule has 1 fully saturated rings. The lowest BCUT2D eigenvalue weighted by Gasteiger charge is -2.21. The number of hydrogen-bond acceptors (Lipinski definition) is 3. The van der Waals surface area contributed by atoms with Gasteiger partial charge in [-0.15, -0.1) is 0 Å². The predicted molar refractivity (Wildman–Crippen MR) is 65.1 cm³/mol. The van der Waals surface area contributed by atoms with Gasteiger partial charge in [0.05, 0.1) is 6.61 Å². The van der Waals surface area contributed by atoms with Gasteiger partial charge in [0.15, 0.2) is 5.78 Å². The molecule has 0 radical (unpaired) electrons. The maximum atomic E-state index is 12.7. The number of ketones is 1. The second-order valence-corrected chi connectivity index (χ2v) is 4.50. The lowest BCUT2D eigenvalue weighted by atomic mass is 10.0. The molecule has 98 valence electrons. The lowest BCUT2D eigenvalue weighted by Crippen LogP contribution is -2.21. The molecular weight excluding hydrogens is 235 g/mol. The number of ether oxygens (including phenoxy) is 2. The van der Waals surface area contributed by atoms with Crippen LogP contribution in [-0.4, -0.2) is 32.2 Å². The smallest absolute Gasteiger partial charge is 0.188 e. The van der Waals surface area contributed by atoms with Crippen molar-refractivity contribution in [2.24, 2.45) is 5.92 Å². The van der Waals surface area contributed by atoms with Crippen molar-refractivity contribution < 1.29 is 18.7 Å². The first kappa shape index (κ1) is 13.2. The van der Waals surface area contributed by atoms with E-state index in [1.54, 1.807) is 0 Å². The average molecular weight is 252 g/mol. The van der Waals surface area contributed by atoms with Crippen LogP contribution in [0.1, 0.15) is 23.2 Å². The molecule has 1 saturated heterocycles. The third-order valence-electron chi connectivity index (χ3n) is 3.09. The molecule has 0 bridgehead atoms. The van der Waals surface area contributed by atoms with Gasteiger partial charge in [-0.2, -0.15) is 0 Å². The number of benzene rings is 1. The molecule has 1 aromatic carbocycles. The third-order valence-corrected chi connectivity index (χ3v) is 3.09. The van der Waals surface area contributed by atoms with Crippen LogP contribution in [-0.2, 0) is 9.47 Å². The number of rotatable bonds is 5. The zero-order chi connectivity index (χ0) is 12.8. The van der Waals surface area contributed by atoms with Crippen LogP contribution in [0.4, 0.5) is 4.39 Å². The molecule has 0 spiro atoms. The van der Waals surface area contributed by atoms with Crippen molar-refractivity contribution >= 4 is 5.78 Å². The van der Waals surface area contributed by atoms with E-state index in [9.17, 15) is 9.18 Å². The summed E-state index contributed by atoms with van der Waals surface area (Å²) in [6.45, 7) is 2.21. The summed E-state index contributed by atoms with van der Waals surface area (Å²) in [4.78, 5) is 11.7. The maximum absolute atomic E-state index is 12.7. The Balaban J connectivity index is 1.72. The first-order valence-corrected chi connectivity index (χ1v) is 6.20. The van der Waals surface area contributed by atoms with Gasteiger partial charge in [0.25, 0.3) is 0 Å². The SMILES string of the molecule is O=C(COCC1CCOCC1)c1ccc(F)cc1. The fourth-order valence-electron chi connectivity index (χ4n) is 1.95. The Labute approximate surface area is 106 Å². The lowest BCUT2D eigenvalue weighted by molar-refractivity contribution is 0.0216. The van der Waals surface area contributed by atoms with E-state index in [2.05, 4.69) is 0 Å². The van der Waals surface area contributed by atoms with Gasteiger partial charge < -0.3 is 9.47 Å². The minimum Gasteiger partial charge on any atom is -0.381 e. The van der Waals surface area contributed by atoms with Crippen molar-refractivity contribution in [3.63, 3.8) is 0 Å². The van der Waals surface area contributed by atoms with Crippen LogP contribution in [0.25, 0.3) is 0 Å². The summed E-state index contributed by atoms with van der Waals surface area (Å²) in [6, 6.07) is 5.53.